The fraction of sp³-hybridized carbons (Fsp3) is 0.250. The number of anilines is 1. The average Bonchev–Trinajstić information content (AvgIpc) is 2.39. The van der Waals surface area contributed by atoms with Gasteiger partial charge in [-0.15, -0.1) is 0 Å². The SMILES string of the molecule is Cc1ccc(N=Nc2ccc(N)c(C)c2C)cc1C. The van der Waals surface area contributed by atoms with Gasteiger partial charge in [0.1, 0.15) is 0 Å². The van der Waals surface area contributed by atoms with Crippen LogP contribution in [0.4, 0.5) is 17.1 Å². The number of nitrogen functional groups attached to an aromatic ring is 1. The van der Waals surface area contributed by atoms with Gasteiger partial charge in [-0.3, -0.25) is 0 Å². The molecule has 2 aromatic carbocycles. The van der Waals surface area contributed by atoms with Gasteiger partial charge >= 0.3 is 0 Å². The van der Waals surface area contributed by atoms with Gasteiger partial charge in [0.25, 0.3) is 0 Å². The van der Waals surface area contributed by atoms with Crippen molar-refractivity contribution in [2.75, 3.05) is 5.73 Å². The molecule has 0 aliphatic heterocycles. The molecular weight excluding hydrogens is 234 g/mol. The van der Waals surface area contributed by atoms with E-state index in [2.05, 4.69) is 30.1 Å². The summed E-state index contributed by atoms with van der Waals surface area (Å²) in [4.78, 5) is 0. The highest BCUT2D eigenvalue weighted by molar-refractivity contribution is 5.60. The fourth-order valence-electron chi connectivity index (χ4n) is 1.84. The molecule has 3 heteroatoms. The molecule has 0 radical (unpaired) electrons. The van der Waals surface area contributed by atoms with E-state index in [1.807, 2.05) is 38.1 Å². The van der Waals surface area contributed by atoms with Gasteiger partial charge in [0, 0.05) is 5.69 Å². The van der Waals surface area contributed by atoms with Crippen molar-refractivity contribution in [2.24, 2.45) is 10.2 Å². The van der Waals surface area contributed by atoms with Crippen LogP contribution in [0.2, 0.25) is 0 Å². The lowest BCUT2D eigenvalue weighted by atomic mass is 10.1. The molecule has 0 aromatic heterocycles. The standard InChI is InChI=1S/C16H19N3/c1-10-5-6-14(9-11(10)2)18-19-16-8-7-15(17)12(3)13(16)4/h5-9H,17H2,1-4H3. The minimum absolute atomic E-state index is 0.794. The van der Waals surface area contributed by atoms with Crippen molar-refractivity contribution in [3.8, 4) is 0 Å². The molecule has 0 aliphatic carbocycles. The second kappa shape index (κ2) is 5.22. The predicted molar refractivity (Wildman–Crippen MR) is 80.4 cm³/mol. The molecule has 2 rings (SSSR count). The average molecular weight is 253 g/mol. The number of nitrogens with two attached hydrogens (primary N) is 1. The van der Waals surface area contributed by atoms with Crippen LogP contribution in [-0.2, 0) is 0 Å². The second-order valence-corrected chi connectivity index (χ2v) is 4.89. The molecule has 98 valence electrons. The Morgan fingerprint density at radius 3 is 2.21 bits per heavy atom. The van der Waals surface area contributed by atoms with Crippen LogP contribution in [0.25, 0.3) is 0 Å². The molecular formula is C16H19N3. The summed E-state index contributed by atoms with van der Waals surface area (Å²) in [5.74, 6) is 0. The summed E-state index contributed by atoms with van der Waals surface area (Å²) in [6, 6.07) is 9.85. The molecule has 0 heterocycles. The van der Waals surface area contributed by atoms with Crippen LogP contribution in [0.3, 0.4) is 0 Å². The number of aryl methyl sites for hydroxylation is 2. The highest BCUT2D eigenvalue weighted by Crippen LogP contribution is 2.28. The van der Waals surface area contributed by atoms with Gasteiger partial charge in [0.05, 0.1) is 11.4 Å². The Kier molecular flexibility index (Phi) is 3.65. The van der Waals surface area contributed by atoms with E-state index in [-0.39, 0.29) is 0 Å². The van der Waals surface area contributed by atoms with E-state index in [1.54, 1.807) is 0 Å². The van der Waals surface area contributed by atoms with Gasteiger partial charge in [-0.25, -0.2) is 0 Å². The monoisotopic (exact) mass is 253 g/mol. The third-order valence-electron chi connectivity index (χ3n) is 3.56. The van der Waals surface area contributed by atoms with Gasteiger partial charge in [-0.1, -0.05) is 6.07 Å². The maximum atomic E-state index is 5.86. The Bertz CT molecular complexity index is 643. The van der Waals surface area contributed by atoms with E-state index in [9.17, 15) is 0 Å². The van der Waals surface area contributed by atoms with E-state index in [1.165, 1.54) is 11.1 Å². The van der Waals surface area contributed by atoms with Crippen LogP contribution in [0, 0.1) is 27.7 Å². The van der Waals surface area contributed by atoms with E-state index in [4.69, 9.17) is 5.73 Å². The highest BCUT2D eigenvalue weighted by Gasteiger charge is 2.03. The second-order valence-electron chi connectivity index (χ2n) is 4.89. The zero-order valence-electron chi connectivity index (χ0n) is 11.9. The molecule has 0 spiro atoms. The normalized spacial score (nSPS) is 11.2. The zero-order valence-corrected chi connectivity index (χ0v) is 11.9. The van der Waals surface area contributed by atoms with Gasteiger partial charge in [-0.2, -0.15) is 10.2 Å². The first-order valence-corrected chi connectivity index (χ1v) is 6.33. The molecule has 2 aromatic rings. The van der Waals surface area contributed by atoms with Gasteiger partial charge in [0.2, 0.25) is 0 Å². The molecule has 0 atom stereocenters. The minimum atomic E-state index is 0.794. The van der Waals surface area contributed by atoms with Crippen molar-refractivity contribution in [1.29, 1.82) is 0 Å². The third kappa shape index (κ3) is 2.81. The summed E-state index contributed by atoms with van der Waals surface area (Å²) in [7, 11) is 0. The number of hydrogen-bond acceptors (Lipinski definition) is 3. The lowest BCUT2D eigenvalue weighted by Gasteiger charge is -2.06. The Hall–Kier alpha value is -2.16. The molecule has 0 saturated heterocycles. The van der Waals surface area contributed by atoms with Crippen molar-refractivity contribution >= 4 is 17.1 Å². The number of benzene rings is 2. The Balaban J connectivity index is 2.32. The molecule has 0 fully saturated rings. The molecule has 2 N–H and O–H groups in total. The first kappa shape index (κ1) is 13.3. The first-order chi connectivity index (χ1) is 8.99. The largest absolute Gasteiger partial charge is 0.399 e. The zero-order chi connectivity index (χ0) is 14.0. The minimum Gasteiger partial charge on any atom is -0.399 e. The van der Waals surface area contributed by atoms with Crippen molar-refractivity contribution < 1.29 is 0 Å². The van der Waals surface area contributed by atoms with Crippen molar-refractivity contribution in [1.82, 2.24) is 0 Å². The smallest absolute Gasteiger partial charge is 0.0890 e. The van der Waals surface area contributed by atoms with Gasteiger partial charge < -0.3 is 5.73 Å². The summed E-state index contributed by atoms with van der Waals surface area (Å²) < 4.78 is 0. The Morgan fingerprint density at radius 2 is 1.53 bits per heavy atom. The van der Waals surface area contributed by atoms with Gasteiger partial charge in [0.15, 0.2) is 0 Å². The summed E-state index contributed by atoms with van der Waals surface area (Å²) in [5, 5.41) is 8.61. The maximum absolute atomic E-state index is 5.86. The van der Waals surface area contributed by atoms with Crippen LogP contribution >= 0.6 is 0 Å². The molecule has 0 bridgehead atoms. The van der Waals surface area contributed by atoms with Gasteiger partial charge in [-0.05, 0) is 74.2 Å². The molecule has 0 aliphatic rings. The summed E-state index contributed by atoms with van der Waals surface area (Å²) in [5.41, 5.74) is 13.0. The van der Waals surface area contributed by atoms with E-state index in [0.29, 0.717) is 0 Å². The Labute approximate surface area is 114 Å². The number of nitrogens with zero attached hydrogens (tertiary/aromatic N) is 2. The van der Waals surface area contributed by atoms with E-state index < -0.39 is 0 Å². The molecule has 19 heavy (non-hydrogen) atoms. The van der Waals surface area contributed by atoms with E-state index >= 15 is 0 Å². The third-order valence-corrected chi connectivity index (χ3v) is 3.56. The highest BCUT2D eigenvalue weighted by atomic mass is 15.1. The summed E-state index contributed by atoms with van der Waals surface area (Å²) in [6.45, 7) is 8.18. The molecule has 0 unspecified atom stereocenters. The number of hydrogen-bond donors (Lipinski definition) is 1. The quantitative estimate of drug-likeness (QED) is 0.599. The van der Waals surface area contributed by atoms with E-state index in [0.717, 1.165) is 28.2 Å². The summed E-state index contributed by atoms with van der Waals surface area (Å²) in [6.07, 6.45) is 0. The van der Waals surface area contributed by atoms with Crippen molar-refractivity contribution in [2.45, 2.75) is 27.7 Å². The summed E-state index contributed by atoms with van der Waals surface area (Å²) >= 11 is 0. The lowest BCUT2D eigenvalue weighted by molar-refractivity contribution is 1.18. The molecule has 3 nitrogen and oxygen atoms in total. The maximum Gasteiger partial charge on any atom is 0.0890 e. The topological polar surface area (TPSA) is 50.7 Å². The van der Waals surface area contributed by atoms with Crippen LogP contribution in [0.1, 0.15) is 22.3 Å². The van der Waals surface area contributed by atoms with Crippen molar-refractivity contribution in [3.63, 3.8) is 0 Å². The number of azo groups is 1. The first-order valence-electron chi connectivity index (χ1n) is 6.33. The van der Waals surface area contributed by atoms with Crippen LogP contribution in [0.5, 0.6) is 0 Å². The van der Waals surface area contributed by atoms with Crippen LogP contribution in [-0.4, -0.2) is 0 Å². The molecule has 0 saturated carbocycles. The van der Waals surface area contributed by atoms with Crippen LogP contribution < -0.4 is 5.73 Å². The predicted octanol–water partition coefficient (Wildman–Crippen LogP) is 4.92. The van der Waals surface area contributed by atoms with Crippen LogP contribution in [0.15, 0.2) is 40.6 Å². The lowest BCUT2D eigenvalue weighted by Crippen LogP contribution is -1.91. The van der Waals surface area contributed by atoms with Crippen molar-refractivity contribution in [3.05, 3.63) is 52.6 Å². The molecule has 0 amide bonds. The number of rotatable bonds is 2. The fourth-order valence-corrected chi connectivity index (χ4v) is 1.84. The Morgan fingerprint density at radius 1 is 0.789 bits per heavy atom.